The lowest BCUT2D eigenvalue weighted by Crippen LogP contribution is -2.55. The minimum absolute atomic E-state index is 0.117. The van der Waals surface area contributed by atoms with Crippen molar-refractivity contribution in [3.8, 4) is 5.75 Å². The Balaban J connectivity index is 1.70. The number of carbonyl (C=O) groups excluding carboxylic acids is 2. The number of hydrogen-bond acceptors (Lipinski definition) is 4. The summed E-state index contributed by atoms with van der Waals surface area (Å²) in [4.78, 5) is 25.2. The maximum Gasteiger partial charge on any atom is 0.573 e. The fraction of sp³-hybridized carbons (Fsp3) is 0.529. The number of rotatable bonds is 4. The van der Waals surface area contributed by atoms with Gasteiger partial charge in [0.25, 0.3) is 0 Å². The molecule has 0 atom stereocenters. The highest BCUT2D eigenvalue weighted by Gasteiger charge is 2.32. The molecular formula is C17H22F3N3O4. The SMILES string of the molecule is CC(C)(C)OC(=O)NCC1CN(C(=O)Nc2ccc(OC(F)(F)F)cc2)C1. The van der Waals surface area contributed by atoms with Crippen molar-refractivity contribution in [2.24, 2.45) is 5.92 Å². The Bertz CT molecular complexity index is 665. The van der Waals surface area contributed by atoms with Crippen LogP contribution in [0.5, 0.6) is 5.75 Å². The average molecular weight is 389 g/mol. The molecule has 2 rings (SSSR count). The second kappa shape index (κ2) is 7.93. The van der Waals surface area contributed by atoms with Crippen molar-refractivity contribution < 1.29 is 32.2 Å². The van der Waals surface area contributed by atoms with Gasteiger partial charge >= 0.3 is 18.5 Å². The van der Waals surface area contributed by atoms with E-state index >= 15 is 0 Å². The lowest BCUT2D eigenvalue weighted by Gasteiger charge is -2.39. The van der Waals surface area contributed by atoms with Gasteiger partial charge < -0.3 is 25.0 Å². The Hall–Kier alpha value is -2.65. The van der Waals surface area contributed by atoms with Gasteiger partial charge in [-0.25, -0.2) is 9.59 Å². The first kappa shape index (κ1) is 20.7. The van der Waals surface area contributed by atoms with Gasteiger partial charge in [0.05, 0.1) is 0 Å². The van der Waals surface area contributed by atoms with Crippen LogP contribution in [0.15, 0.2) is 24.3 Å². The van der Waals surface area contributed by atoms with Crippen molar-refractivity contribution in [2.75, 3.05) is 25.0 Å². The van der Waals surface area contributed by atoms with Crippen molar-refractivity contribution in [1.29, 1.82) is 0 Å². The summed E-state index contributed by atoms with van der Waals surface area (Å²) in [7, 11) is 0. The van der Waals surface area contributed by atoms with Gasteiger partial charge in [-0.15, -0.1) is 13.2 Å². The smallest absolute Gasteiger partial charge is 0.444 e. The molecule has 0 aliphatic carbocycles. The number of hydrogen-bond donors (Lipinski definition) is 2. The summed E-state index contributed by atoms with van der Waals surface area (Å²) >= 11 is 0. The lowest BCUT2D eigenvalue weighted by molar-refractivity contribution is -0.274. The highest BCUT2D eigenvalue weighted by molar-refractivity contribution is 5.89. The minimum Gasteiger partial charge on any atom is -0.444 e. The van der Waals surface area contributed by atoms with Crippen LogP contribution in [0.2, 0.25) is 0 Å². The van der Waals surface area contributed by atoms with Crippen LogP contribution in [0.25, 0.3) is 0 Å². The van der Waals surface area contributed by atoms with Crippen LogP contribution in [-0.4, -0.2) is 48.6 Å². The first-order valence-corrected chi connectivity index (χ1v) is 8.30. The van der Waals surface area contributed by atoms with Gasteiger partial charge in [-0.05, 0) is 45.0 Å². The van der Waals surface area contributed by atoms with E-state index in [-0.39, 0.29) is 17.7 Å². The molecular weight excluding hydrogens is 367 g/mol. The molecule has 1 heterocycles. The maximum atomic E-state index is 12.1. The molecule has 1 aliphatic heterocycles. The quantitative estimate of drug-likeness (QED) is 0.825. The molecule has 0 saturated carbocycles. The Labute approximate surface area is 154 Å². The molecule has 0 radical (unpaired) electrons. The number of anilines is 1. The average Bonchev–Trinajstić information content (AvgIpc) is 2.44. The Morgan fingerprint density at radius 3 is 2.26 bits per heavy atom. The van der Waals surface area contributed by atoms with Gasteiger partial charge in [-0.2, -0.15) is 0 Å². The molecule has 1 aromatic carbocycles. The molecule has 1 aliphatic rings. The zero-order valence-corrected chi connectivity index (χ0v) is 15.2. The first-order chi connectivity index (χ1) is 12.4. The Morgan fingerprint density at radius 1 is 1.15 bits per heavy atom. The molecule has 7 nitrogen and oxygen atoms in total. The van der Waals surface area contributed by atoms with E-state index in [9.17, 15) is 22.8 Å². The van der Waals surface area contributed by atoms with Gasteiger partial charge in [0, 0.05) is 31.2 Å². The second-order valence-electron chi connectivity index (χ2n) is 7.16. The number of urea groups is 1. The van der Waals surface area contributed by atoms with E-state index in [1.54, 1.807) is 20.8 Å². The zero-order valence-electron chi connectivity index (χ0n) is 15.2. The molecule has 1 fully saturated rings. The number of nitrogens with one attached hydrogen (secondary N) is 2. The van der Waals surface area contributed by atoms with Gasteiger partial charge in [0.1, 0.15) is 11.4 Å². The molecule has 2 N–H and O–H groups in total. The number of alkyl carbamates (subject to hydrolysis) is 1. The number of alkyl halides is 3. The van der Waals surface area contributed by atoms with E-state index in [0.717, 1.165) is 12.1 Å². The van der Waals surface area contributed by atoms with Crippen molar-refractivity contribution in [3.05, 3.63) is 24.3 Å². The molecule has 0 aromatic heterocycles. The monoisotopic (exact) mass is 389 g/mol. The van der Waals surface area contributed by atoms with Gasteiger partial charge in [-0.3, -0.25) is 0 Å². The summed E-state index contributed by atoms with van der Waals surface area (Å²) in [5.74, 6) is -0.247. The van der Waals surface area contributed by atoms with E-state index in [4.69, 9.17) is 4.74 Å². The third-order valence-corrected chi connectivity index (χ3v) is 3.52. The highest BCUT2D eigenvalue weighted by atomic mass is 19.4. The largest absolute Gasteiger partial charge is 0.573 e. The predicted octanol–water partition coefficient (Wildman–Crippen LogP) is 3.57. The van der Waals surface area contributed by atoms with Crippen LogP contribution in [0, 0.1) is 5.92 Å². The first-order valence-electron chi connectivity index (χ1n) is 8.30. The fourth-order valence-corrected chi connectivity index (χ4v) is 2.35. The predicted molar refractivity (Wildman–Crippen MR) is 91.4 cm³/mol. The van der Waals surface area contributed by atoms with Crippen LogP contribution in [0.1, 0.15) is 20.8 Å². The number of ether oxygens (including phenoxy) is 2. The molecule has 0 unspecified atom stereocenters. The number of likely N-dealkylation sites (tertiary alicyclic amines) is 1. The fourth-order valence-electron chi connectivity index (χ4n) is 2.35. The van der Waals surface area contributed by atoms with Crippen molar-refractivity contribution in [2.45, 2.75) is 32.7 Å². The molecule has 27 heavy (non-hydrogen) atoms. The van der Waals surface area contributed by atoms with Gasteiger partial charge in [-0.1, -0.05) is 0 Å². The lowest BCUT2D eigenvalue weighted by atomic mass is 10.0. The van der Waals surface area contributed by atoms with Crippen molar-refractivity contribution in [1.82, 2.24) is 10.2 Å². The highest BCUT2D eigenvalue weighted by Crippen LogP contribution is 2.24. The van der Waals surface area contributed by atoms with E-state index < -0.39 is 18.1 Å². The van der Waals surface area contributed by atoms with E-state index in [2.05, 4.69) is 15.4 Å². The van der Waals surface area contributed by atoms with Crippen LogP contribution < -0.4 is 15.4 Å². The summed E-state index contributed by atoms with van der Waals surface area (Å²) < 4.78 is 45.2. The third-order valence-electron chi connectivity index (χ3n) is 3.52. The Kier molecular flexibility index (Phi) is 6.07. The molecule has 1 aromatic rings. The van der Waals surface area contributed by atoms with Crippen LogP contribution >= 0.6 is 0 Å². The molecule has 0 spiro atoms. The topological polar surface area (TPSA) is 79.9 Å². The van der Waals surface area contributed by atoms with E-state index in [1.165, 1.54) is 17.0 Å². The van der Waals surface area contributed by atoms with Crippen LogP contribution in [0.3, 0.4) is 0 Å². The molecule has 150 valence electrons. The number of carbonyl (C=O) groups is 2. The van der Waals surface area contributed by atoms with E-state index in [1.807, 2.05) is 0 Å². The van der Waals surface area contributed by atoms with Crippen molar-refractivity contribution in [3.63, 3.8) is 0 Å². The zero-order chi connectivity index (χ0) is 20.2. The summed E-state index contributed by atoms with van der Waals surface area (Å²) in [5, 5.41) is 5.24. The molecule has 3 amide bonds. The normalized spacial score (nSPS) is 15.0. The van der Waals surface area contributed by atoms with Gasteiger partial charge in [0.2, 0.25) is 0 Å². The Morgan fingerprint density at radius 2 is 1.74 bits per heavy atom. The number of amides is 3. The molecule has 10 heteroatoms. The molecule has 1 saturated heterocycles. The van der Waals surface area contributed by atoms with Crippen LogP contribution in [-0.2, 0) is 4.74 Å². The standard InChI is InChI=1S/C17H22F3N3O4/c1-16(2,3)27-15(25)21-8-11-9-23(10-11)14(24)22-12-4-6-13(7-5-12)26-17(18,19)20/h4-7,11H,8-10H2,1-3H3,(H,21,25)(H,22,24). The maximum absolute atomic E-state index is 12.1. The third kappa shape index (κ3) is 7.24. The summed E-state index contributed by atoms with van der Waals surface area (Å²) in [5.41, 5.74) is -0.221. The van der Waals surface area contributed by atoms with E-state index in [0.29, 0.717) is 25.3 Å². The molecule has 0 bridgehead atoms. The summed E-state index contributed by atoms with van der Waals surface area (Å²) in [6, 6.07) is 4.51. The number of halogens is 3. The van der Waals surface area contributed by atoms with Gasteiger partial charge in [0.15, 0.2) is 0 Å². The van der Waals surface area contributed by atoms with Crippen molar-refractivity contribution >= 4 is 17.8 Å². The summed E-state index contributed by atoms with van der Waals surface area (Å²) in [6.45, 7) is 6.60. The number of benzene rings is 1. The number of nitrogens with zero attached hydrogens (tertiary/aromatic N) is 1. The van der Waals surface area contributed by atoms with Crippen LogP contribution in [0.4, 0.5) is 28.4 Å². The summed E-state index contributed by atoms with van der Waals surface area (Å²) in [6.07, 6.45) is -5.27. The second-order valence-corrected chi connectivity index (χ2v) is 7.16. The minimum atomic E-state index is -4.76.